The van der Waals surface area contributed by atoms with E-state index in [9.17, 15) is 0 Å². The van der Waals surface area contributed by atoms with Crippen LogP contribution in [0.25, 0.3) is 0 Å². The van der Waals surface area contributed by atoms with Gasteiger partial charge in [0.2, 0.25) is 0 Å². The number of halogens is 2. The van der Waals surface area contributed by atoms with E-state index in [1.54, 1.807) is 12.4 Å². The molecule has 0 N–H and O–H groups in total. The Morgan fingerprint density at radius 1 is 1.29 bits per heavy atom. The first-order valence-corrected chi connectivity index (χ1v) is 6.04. The van der Waals surface area contributed by atoms with E-state index in [1.807, 2.05) is 6.07 Å². The Bertz CT molecular complexity index is 433. The third-order valence-corrected chi connectivity index (χ3v) is 3.56. The maximum absolute atomic E-state index is 5.10. The van der Waals surface area contributed by atoms with Crippen molar-refractivity contribution >= 4 is 43.6 Å². The summed E-state index contributed by atoms with van der Waals surface area (Å²) in [5, 5.41) is 1.41. The van der Waals surface area contributed by atoms with E-state index in [4.69, 9.17) is 4.42 Å². The van der Waals surface area contributed by atoms with E-state index in [1.165, 1.54) is 18.0 Å². The first-order chi connectivity index (χ1) is 6.75. The number of rotatable bonds is 2. The lowest BCUT2D eigenvalue weighted by molar-refractivity contribution is 0.454. The maximum atomic E-state index is 5.10. The van der Waals surface area contributed by atoms with Gasteiger partial charge in [0.25, 0.3) is 5.22 Å². The Balaban J connectivity index is 2.25. The van der Waals surface area contributed by atoms with Gasteiger partial charge in [-0.05, 0) is 49.7 Å². The van der Waals surface area contributed by atoms with Crippen molar-refractivity contribution in [2.24, 2.45) is 0 Å². The van der Waals surface area contributed by atoms with Gasteiger partial charge in [0.15, 0.2) is 0 Å². The van der Waals surface area contributed by atoms with Gasteiger partial charge < -0.3 is 4.42 Å². The van der Waals surface area contributed by atoms with Crippen LogP contribution in [-0.2, 0) is 0 Å². The Labute approximate surface area is 102 Å². The molecule has 2 rings (SSSR count). The largest absolute Gasteiger partial charge is 0.440 e. The predicted molar refractivity (Wildman–Crippen MR) is 60.3 cm³/mol. The summed E-state index contributed by atoms with van der Waals surface area (Å²) in [6, 6.07) is 1.93. The average Bonchev–Trinajstić information content (AvgIpc) is 2.62. The number of oxazole rings is 1. The molecule has 0 saturated heterocycles. The minimum atomic E-state index is 0.584. The fourth-order valence-electron chi connectivity index (χ4n) is 0.821. The molecule has 0 spiro atoms. The summed E-state index contributed by atoms with van der Waals surface area (Å²) in [6.07, 6.45) is 4.88. The molecular weight excluding hydrogens is 332 g/mol. The fourth-order valence-corrected chi connectivity index (χ4v) is 2.70. The van der Waals surface area contributed by atoms with Gasteiger partial charge >= 0.3 is 0 Å². The average molecular weight is 336 g/mol. The van der Waals surface area contributed by atoms with E-state index in [0.717, 1.165) is 14.0 Å². The van der Waals surface area contributed by atoms with Crippen LogP contribution in [-0.4, -0.2) is 9.97 Å². The maximum Gasteiger partial charge on any atom is 0.261 e. The van der Waals surface area contributed by atoms with Crippen molar-refractivity contribution in [1.82, 2.24) is 9.97 Å². The molecule has 6 heteroatoms. The van der Waals surface area contributed by atoms with Crippen molar-refractivity contribution in [2.45, 2.75) is 10.2 Å². The topological polar surface area (TPSA) is 38.9 Å². The second-order valence-electron chi connectivity index (χ2n) is 2.34. The van der Waals surface area contributed by atoms with Crippen LogP contribution in [0.2, 0.25) is 0 Å². The highest BCUT2D eigenvalue weighted by atomic mass is 79.9. The van der Waals surface area contributed by atoms with E-state index in [-0.39, 0.29) is 0 Å². The third-order valence-electron chi connectivity index (χ3n) is 1.37. The van der Waals surface area contributed by atoms with E-state index < -0.39 is 0 Å². The van der Waals surface area contributed by atoms with Crippen molar-refractivity contribution < 1.29 is 4.42 Å². The minimum absolute atomic E-state index is 0.584. The highest BCUT2D eigenvalue weighted by Gasteiger charge is 2.07. The summed E-state index contributed by atoms with van der Waals surface area (Å²) in [7, 11) is 0. The first kappa shape index (κ1) is 10.2. The summed E-state index contributed by atoms with van der Waals surface area (Å²) in [5.74, 6) is 0. The molecule has 14 heavy (non-hydrogen) atoms. The molecule has 0 aliphatic heterocycles. The van der Waals surface area contributed by atoms with Crippen LogP contribution in [0, 0.1) is 0 Å². The molecule has 0 aliphatic carbocycles. The molecular formula is C8H4Br2N2OS. The summed E-state index contributed by atoms with van der Waals surface area (Å²) >= 11 is 8.12. The number of hydrogen-bond donors (Lipinski definition) is 0. The molecule has 0 atom stereocenters. The number of nitrogens with zero attached hydrogens (tertiary/aromatic N) is 2. The molecule has 0 saturated carbocycles. The second-order valence-corrected chi connectivity index (χ2v) is 5.05. The summed E-state index contributed by atoms with van der Waals surface area (Å²) in [4.78, 5) is 8.22. The van der Waals surface area contributed by atoms with Crippen LogP contribution in [0.1, 0.15) is 0 Å². The SMILES string of the molecule is Brc1cnc(Sc2ncco2)c(Br)c1. The van der Waals surface area contributed by atoms with Crippen LogP contribution >= 0.6 is 43.6 Å². The van der Waals surface area contributed by atoms with Gasteiger partial charge in [-0.3, -0.25) is 0 Å². The molecule has 72 valence electrons. The Morgan fingerprint density at radius 2 is 2.14 bits per heavy atom. The van der Waals surface area contributed by atoms with Crippen LogP contribution in [0.4, 0.5) is 0 Å². The smallest absolute Gasteiger partial charge is 0.261 e. The highest BCUT2D eigenvalue weighted by Crippen LogP contribution is 2.31. The molecule has 0 aliphatic rings. The third kappa shape index (κ3) is 2.37. The molecule has 0 amide bonds. The molecule has 3 nitrogen and oxygen atoms in total. The molecule has 0 fully saturated rings. The minimum Gasteiger partial charge on any atom is -0.440 e. The standard InChI is InChI=1S/C8H4Br2N2OS/c9-5-3-6(10)7(12-4-5)14-8-11-1-2-13-8/h1-4H. The Kier molecular flexibility index (Phi) is 3.25. The monoisotopic (exact) mass is 334 g/mol. The van der Waals surface area contributed by atoms with Gasteiger partial charge in [0.05, 0.1) is 10.7 Å². The normalized spacial score (nSPS) is 10.4. The van der Waals surface area contributed by atoms with Crippen LogP contribution in [0.5, 0.6) is 0 Å². The molecule has 0 aromatic carbocycles. The second kappa shape index (κ2) is 4.46. The zero-order valence-electron chi connectivity index (χ0n) is 6.78. The lowest BCUT2D eigenvalue weighted by Gasteiger charge is -1.99. The van der Waals surface area contributed by atoms with Crippen LogP contribution in [0.3, 0.4) is 0 Å². The van der Waals surface area contributed by atoms with Gasteiger partial charge in [-0.2, -0.15) is 0 Å². The molecule has 0 radical (unpaired) electrons. The van der Waals surface area contributed by atoms with Crippen LogP contribution < -0.4 is 0 Å². The number of hydrogen-bond acceptors (Lipinski definition) is 4. The zero-order chi connectivity index (χ0) is 9.97. The van der Waals surface area contributed by atoms with Gasteiger partial charge in [0.1, 0.15) is 11.3 Å². The lowest BCUT2D eigenvalue weighted by Crippen LogP contribution is -1.81. The van der Waals surface area contributed by atoms with E-state index >= 15 is 0 Å². The quantitative estimate of drug-likeness (QED) is 0.838. The van der Waals surface area contributed by atoms with Gasteiger partial charge in [-0.15, -0.1) is 0 Å². The molecule has 2 heterocycles. The number of pyridine rings is 1. The fraction of sp³-hybridized carbons (Fsp3) is 0. The highest BCUT2D eigenvalue weighted by molar-refractivity contribution is 9.11. The first-order valence-electron chi connectivity index (χ1n) is 3.64. The van der Waals surface area contributed by atoms with E-state index in [2.05, 4.69) is 41.8 Å². The molecule has 2 aromatic heterocycles. The van der Waals surface area contributed by atoms with Crippen LogP contribution in [0.15, 0.2) is 48.3 Å². The lowest BCUT2D eigenvalue weighted by atomic mass is 10.5. The van der Waals surface area contributed by atoms with Gasteiger partial charge in [-0.1, -0.05) is 0 Å². The van der Waals surface area contributed by atoms with Crippen molar-refractivity contribution in [3.63, 3.8) is 0 Å². The van der Waals surface area contributed by atoms with Crippen molar-refractivity contribution in [1.29, 1.82) is 0 Å². The predicted octanol–water partition coefficient (Wildman–Crippen LogP) is 3.75. The van der Waals surface area contributed by atoms with Gasteiger partial charge in [-0.25, -0.2) is 9.97 Å². The Morgan fingerprint density at radius 3 is 2.79 bits per heavy atom. The molecule has 2 aromatic rings. The van der Waals surface area contributed by atoms with Crippen molar-refractivity contribution in [3.8, 4) is 0 Å². The summed E-state index contributed by atoms with van der Waals surface area (Å²) in [6.45, 7) is 0. The summed E-state index contributed by atoms with van der Waals surface area (Å²) in [5.41, 5.74) is 0. The number of aromatic nitrogens is 2. The molecule has 0 unspecified atom stereocenters. The van der Waals surface area contributed by atoms with Crippen molar-refractivity contribution in [2.75, 3.05) is 0 Å². The summed E-state index contributed by atoms with van der Waals surface area (Å²) < 4.78 is 6.95. The van der Waals surface area contributed by atoms with Gasteiger partial charge in [0, 0.05) is 10.7 Å². The zero-order valence-corrected chi connectivity index (χ0v) is 10.8. The van der Waals surface area contributed by atoms with E-state index in [0.29, 0.717) is 5.22 Å². The molecule has 0 bridgehead atoms. The van der Waals surface area contributed by atoms with Crippen molar-refractivity contribution in [3.05, 3.63) is 33.7 Å². The Hall–Kier alpha value is -0.330.